The van der Waals surface area contributed by atoms with Crippen LogP contribution < -0.4 is 10.3 Å². The van der Waals surface area contributed by atoms with E-state index in [0.717, 1.165) is 30.2 Å². The second-order valence-corrected chi connectivity index (χ2v) is 8.08. The fourth-order valence-corrected chi connectivity index (χ4v) is 4.22. The summed E-state index contributed by atoms with van der Waals surface area (Å²) in [5, 5.41) is 0.819. The Bertz CT molecular complexity index is 1120. The summed E-state index contributed by atoms with van der Waals surface area (Å²) in [5.41, 5.74) is 5.71. The smallest absolute Gasteiger partial charge is 0.302 e. The van der Waals surface area contributed by atoms with Crippen molar-refractivity contribution < 1.29 is 17.6 Å². The fourth-order valence-electron chi connectivity index (χ4n) is 3.34. The third kappa shape index (κ3) is 2.89. The maximum absolute atomic E-state index is 12.5. The first kappa shape index (κ1) is 16.8. The standard InChI is InChI=1S/C19H18N2O4S/c1-12-16-7-2-3-8-17(16)25-18(12)19(22)20-21-26(23,24)15-10-9-13-5-4-6-14(13)11-15/h2-3,7-11,21H,4-6H2,1H3,(H,20,22). The third-order valence-corrected chi connectivity index (χ3v) is 5.97. The second kappa shape index (κ2) is 6.26. The lowest BCUT2D eigenvalue weighted by Gasteiger charge is -2.09. The van der Waals surface area contributed by atoms with Crippen LogP contribution in [-0.4, -0.2) is 14.3 Å². The maximum Gasteiger partial charge on any atom is 0.302 e. The number of fused-ring (bicyclic) bond motifs is 2. The number of hydrogen-bond donors (Lipinski definition) is 2. The Balaban J connectivity index is 1.54. The van der Waals surface area contributed by atoms with E-state index < -0.39 is 15.9 Å². The summed E-state index contributed by atoms with van der Waals surface area (Å²) in [4.78, 5) is 14.7. The lowest BCUT2D eigenvalue weighted by atomic mass is 10.1. The van der Waals surface area contributed by atoms with Gasteiger partial charge < -0.3 is 4.42 Å². The first-order valence-corrected chi connectivity index (χ1v) is 9.86. The number of hydrogen-bond acceptors (Lipinski definition) is 4. The van der Waals surface area contributed by atoms with Crippen LogP contribution in [0.5, 0.6) is 0 Å². The monoisotopic (exact) mass is 370 g/mol. The molecular weight excluding hydrogens is 352 g/mol. The lowest BCUT2D eigenvalue weighted by molar-refractivity contribution is 0.0918. The molecule has 0 spiro atoms. The Morgan fingerprint density at radius 1 is 1.08 bits per heavy atom. The van der Waals surface area contributed by atoms with Crippen LogP contribution in [0.1, 0.15) is 33.7 Å². The molecular formula is C19H18N2O4S. The summed E-state index contributed by atoms with van der Waals surface area (Å²) in [6.45, 7) is 1.76. The van der Waals surface area contributed by atoms with Crippen molar-refractivity contribution in [3.8, 4) is 0 Å². The third-order valence-electron chi connectivity index (χ3n) is 4.73. The van der Waals surface area contributed by atoms with Crippen LogP contribution in [0.3, 0.4) is 0 Å². The zero-order valence-corrected chi connectivity index (χ0v) is 15.0. The highest BCUT2D eigenvalue weighted by molar-refractivity contribution is 7.89. The average Bonchev–Trinajstić information content (AvgIpc) is 3.24. The van der Waals surface area contributed by atoms with E-state index in [4.69, 9.17) is 4.42 Å². The van der Waals surface area contributed by atoms with Gasteiger partial charge in [-0.2, -0.15) is 0 Å². The molecule has 1 aliphatic carbocycles. The summed E-state index contributed by atoms with van der Waals surface area (Å²) in [7, 11) is -3.85. The Kier molecular flexibility index (Phi) is 4.05. The molecule has 26 heavy (non-hydrogen) atoms. The first-order chi connectivity index (χ1) is 12.5. The predicted molar refractivity (Wildman–Crippen MR) is 97.2 cm³/mol. The van der Waals surface area contributed by atoms with E-state index in [1.807, 2.05) is 24.3 Å². The van der Waals surface area contributed by atoms with Crippen molar-refractivity contribution in [2.24, 2.45) is 0 Å². The topological polar surface area (TPSA) is 88.4 Å². The van der Waals surface area contributed by atoms with Crippen LogP contribution in [0.15, 0.2) is 51.8 Å². The number of aryl methyl sites for hydroxylation is 3. The van der Waals surface area contributed by atoms with Crippen molar-refractivity contribution in [1.29, 1.82) is 0 Å². The summed E-state index contributed by atoms with van der Waals surface area (Å²) >= 11 is 0. The van der Waals surface area contributed by atoms with Gasteiger partial charge >= 0.3 is 5.91 Å². The summed E-state index contributed by atoms with van der Waals surface area (Å²) in [5.74, 6) is -0.550. The zero-order chi connectivity index (χ0) is 18.3. The van der Waals surface area contributed by atoms with Crippen molar-refractivity contribution in [3.63, 3.8) is 0 Å². The van der Waals surface area contributed by atoms with Gasteiger partial charge in [0.1, 0.15) is 5.58 Å². The number of sulfonamides is 1. The number of benzene rings is 2. The highest BCUT2D eigenvalue weighted by atomic mass is 32.2. The van der Waals surface area contributed by atoms with Crippen molar-refractivity contribution in [2.75, 3.05) is 0 Å². The van der Waals surface area contributed by atoms with Gasteiger partial charge in [-0.15, -0.1) is 4.83 Å². The van der Waals surface area contributed by atoms with Crippen molar-refractivity contribution >= 4 is 26.9 Å². The molecule has 2 N–H and O–H groups in total. The van der Waals surface area contributed by atoms with Crippen molar-refractivity contribution in [3.05, 3.63) is 64.9 Å². The molecule has 1 heterocycles. The van der Waals surface area contributed by atoms with Crippen LogP contribution in [0.4, 0.5) is 0 Å². The Morgan fingerprint density at radius 2 is 1.85 bits per heavy atom. The average molecular weight is 370 g/mol. The quantitative estimate of drug-likeness (QED) is 0.691. The molecule has 3 aromatic rings. The highest BCUT2D eigenvalue weighted by Crippen LogP contribution is 2.26. The Hall–Kier alpha value is -2.64. The molecule has 0 bridgehead atoms. The normalized spacial score (nSPS) is 13.7. The molecule has 6 nitrogen and oxygen atoms in total. The van der Waals surface area contributed by atoms with E-state index in [1.54, 1.807) is 25.1 Å². The van der Waals surface area contributed by atoms with E-state index in [9.17, 15) is 13.2 Å². The number of amides is 1. The molecule has 7 heteroatoms. The molecule has 1 aromatic heterocycles. The van der Waals surface area contributed by atoms with Gasteiger partial charge in [-0.1, -0.05) is 24.3 Å². The van der Waals surface area contributed by atoms with Crippen LogP contribution in [-0.2, 0) is 22.9 Å². The lowest BCUT2D eigenvalue weighted by Crippen LogP contribution is -2.41. The molecule has 0 radical (unpaired) electrons. The molecule has 134 valence electrons. The van der Waals surface area contributed by atoms with E-state index >= 15 is 0 Å². The van der Waals surface area contributed by atoms with Crippen molar-refractivity contribution in [2.45, 2.75) is 31.1 Å². The number of para-hydroxylation sites is 1. The summed E-state index contributed by atoms with van der Waals surface area (Å²) in [6, 6.07) is 12.3. The molecule has 1 amide bonds. The van der Waals surface area contributed by atoms with Gasteiger partial charge in [0.25, 0.3) is 10.0 Å². The molecule has 0 atom stereocenters. The molecule has 0 saturated heterocycles. The van der Waals surface area contributed by atoms with Gasteiger partial charge in [0.15, 0.2) is 5.76 Å². The number of furan rings is 1. The van der Waals surface area contributed by atoms with Gasteiger partial charge in [-0.25, -0.2) is 8.42 Å². The van der Waals surface area contributed by atoms with Gasteiger partial charge in [-0.05, 0) is 55.5 Å². The summed E-state index contributed by atoms with van der Waals surface area (Å²) < 4.78 is 30.5. The van der Waals surface area contributed by atoms with Gasteiger partial charge in [-0.3, -0.25) is 10.2 Å². The molecule has 0 saturated carbocycles. The van der Waals surface area contributed by atoms with E-state index in [2.05, 4.69) is 10.3 Å². The second-order valence-electron chi connectivity index (χ2n) is 6.40. The zero-order valence-electron chi connectivity index (χ0n) is 14.2. The molecule has 0 aliphatic heterocycles. The molecule has 0 fully saturated rings. The highest BCUT2D eigenvalue weighted by Gasteiger charge is 2.22. The van der Waals surface area contributed by atoms with Gasteiger partial charge in [0.05, 0.1) is 4.90 Å². The maximum atomic E-state index is 12.5. The van der Waals surface area contributed by atoms with Crippen LogP contribution in [0.25, 0.3) is 11.0 Å². The molecule has 1 aliphatic rings. The first-order valence-electron chi connectivity index (χ1n) is 8.38. The molecule has 4 rings (SSSR count). The van der Waals surface area contributed by atoms with Gasteiger partial charge in [0, 0.05) is 10.9 Å². The molecule has 0 unspecified atom stereocenters. The Labute approximate surface area is 151 Å². The number of nitrogens with one attached hydrogen (secondary N) is 2. The number of carbonyl (C=O) groups is 1. The SMILES string of the molecule is Cc1c(C(=O)NNS(=O)(=O)c2ccc3c(c2)CCC3)oc2ccccc12. The minimum Gasteiger partial charge on any atom is -0.451 e. The fraction of sp³-hybridized carbons (Fsp3) is 0.211. The van der Waals surface area contributed by atoms with Crippen molar-refractivity contribution in [1.82, 2.24) is 10.3 Å². The van der Waals surface area contributed by atoms with E-state index in [0.29, 0.717) is 11.1 Å². The summed E-state index contributed by atoms with van der Waals surface area (Å²) in [6.07, 6.45) is 2.89. The Morgan fingerprint density at radius 3 is 2.65 bits per heavy atom. The van der Waals surface area contributed by atoms with Crippen LogP contribution in [0.2, 0.25) is 0 Å². The number of carbonyl (C=O) groups excluding carboxylic acids is 1. The van der Waals surface area contributed by atoms with Crippen LogP contribution >= 0.6 is 0 Å². The predicted octanol–water partition coefficient (Wildman–Crippen LogP) is 2.85. The number of rotatable bonds is 4. The van der Waals surface area contributed by atoms with Crippen LogP contribution in [0, 0.1) is 6.92 Å². The largest absolute Gasteiger partial charge is 0.451 e. The van der Waals surface area contributed by atoms with E-state index in [-0.39, 0.29) is 10.7 Å². The molecule has 2 aromatic carbocycles. The van der Waals surface area contributed by atoms with E-state index in [1.165, 1.54) is 5.56 Å². The minimum atomic E-state index is -3.85. The van der Waals surface area contributed by atoms with Gasteiger partial charge in [0.2, 0.25) is 0 Å². The number of hydrazine groups is 1. The minimum absolute atomic E-state index is 0.0860.